The van der Waals surface area contributed by atoms with Gasteiger partial charge in [-0.05, 0) is 116 Å². The van der Waals surface area contributed by atoms with E-state index in [0.29, 0.717) is 56.8 Å². The van der Waals surface area contributed by atoms with Gasteiger partial charge >= 0.3 is 17.9 Å². The maximum absolute atomic E-state index is 15.3. The highest BCUT2D eigenvalue weighted by Crippen LogP contribution is 2.68. The summed E-state index contributed by atoms with van der Waals surface area (Å²) in [5.41, 5.74) is -3.92. The monoisotopic (exact) mass is 898 g/mol. The van der Waals surface area contributed by atoms with Gasteiger partial charge in [-0.25, -0.2) is 29.3 Å². The van der Waals surface area contributed by atoms with Gasteiger partial charge in [-0.3, -0.25) is 14.4 Å². The Morgan fingerprint density at radius 3 is 1.48 bits per heavy atom. The minimum Gasteiger partial charge on any atom is -0.432 e. The average molecular weight is 899 g/mol. The number of unbranched alkanes of at least 4 members (excludes halogenated alkanes) is 3. The van der Waals surface area contributed by atoms with Crippen LogP contribution in [0.1, 0.15) is 164 Å². The fourth-order valence-corrected chi connectivity index (χ4v) is 16.7. The van der Waals surface area contributed by atoms with E-state index in [0.717, 1.165) is 70.6 Å². The van der Waals surface area contributed by atoms with Crippen LogP contribution in [-0.2, 0) is 72.1 Å². The largest absolute Gasteiger partial charge is 0.432 e. The van der Waals surface area contributed by atoms with E-state index in [1.807, 2.05) is 20.8 Å². The second-order valence-corrected chi connectivity index (χ2v) is 23.5. The lowest BCUT2D eigenvalue weighted by molar-refractivity contribution is -0.564. The van der Waals surface area contributed by atoms with Crippen LogP contribution in [0.2, 0.25) is 0 Å². The molecule has 0 unspecified atom stereocenters. The highest BCUT2D eigenvalue weighted by molar-refractivity contribution is 5.81. The lowest BCUT2D eigenvalue weighted by Crippen LogP contribution is -2.74. The van der Waals surface area contributed by atoms with Crippen LogP contribution in [0.15, 0.2) is 0 Å². The Hall–Kier alpha value is -1.95. The third-order valence-corrected chi connectivity index (χ3v) is 20.1. The summed E-state index contributed by atoms with van der Waals surface area (Å²) in [5, 5.41) is 0. The third-order valence-electron chi connectivity index (χ3n) is 20.1. The Balaban J connectivity index is 0.820. The number of carbonyl (C=O) groups is 3. The number of hydrogen-bond acceptors (Lipinski definition) is 15. The quantitative estimate of drug-likeness (QED) is 0.0941. The van der Waals surface area contributed by atoms with E-state index in [-0.39, 0.29) is 71.7 Å². The predicted molar refractivity (Wildman–Crippen MR) is 218 cm³/mol. The first-order valence-corrected chi connectivity index (χ1v) is 25.3. The van der Waals surface area contributed by atoms with Gasteiger partial charge in [0.15, 0.2) is 16.8 Å². The van der Waals surface area contributed by atoms with Gasteiger partial charge in [0.1, 0.15) is 0 Å². The smallest absolute Gasteiger partial charge is 0.314 e. The lowest BCUT2D eigenvalue weighted by Gasteiger charge is -2.63. The molecular weight excluding hydrogens is 829 g/mol. The Kier molecular flexibility index (Phi) is 10.0. The van der Waals surface area contributed by atoms with E-state index in [1.165, 1.54) is 0 Å². The van der Waals surface area contributed by atoms with E-state index in [2.05, 4.69) is 20.8 Å². The van der Waals surface area contributed by atoms with Gasteiger partial charge in [0.2, 0.25) is 36.2 Å². The highest BCUT2D eigenvalue weighted by Gasteiger charge is 2.77. The van der Waals surface area contributed by atoms with Gasteiger partial charge < -0.3 is 28.4 Å². The van der Waals surface area contributed by atoms with E-state index in [4.69, 9.17) is 57.7 Å². The standard InChI is InChI=1S/C49H70O15/c1-26-12-15-34-29(37(50)53-40-47(34)31(26)18-22-43(4,56-40)59-62-47)11-9-7-8-10-21-46(36-17-14-28(3)33-20-24-45(6)58-42(55-39(46)52)49(33,36)64-61-45)25-30-35-16-13-27(2)32-19-23-44(5)57-41(54-38(30)51)48(32,35)63-60-44/h26-36,40-42H,7-25H2,1-6H3/t26-,27-,28-,29+,30+,31+,32+,33+,34+,35+,36+,40-,41-,42-,43-,44-,45-,46-,47-,48-,49-/m1/s1. The summed E-state index contributed by atoms with van der Waals surface area (Å²) in [6, 6.07) is 0. The predicted octanol–water partition coefficient (Wildman–Crippen LogP) is 8.25. The zero-order valence-corrected chi connectivity index (χ0v) is 38.6. The molecule has 0 aromatic carbocycles. The van der Waals surface area contributed by atoms with Crippen LogP contribution in [-0.4, -0.2) is 70.9 Å². The maximum atomic E-state index is 15.3. The van der Waals surface area contributed by atoms with Crippen molar-refractivity contribution in [2.75, 3.05) is 0 Å². The van der Waals surface area contributed by atoms with Gasteiger partial charge in [0, 0.05) is 54.8 Å². The van der Waals surface area contributed by atoms with E-state index in [9.17, 15) is 9.59 Å². The molecular formula is C49H70O15. The summed E-state index contributed by atoms with van der Waals surface area (Å²) in [5.74, 6) is -4.27. The normalized spacial score (nSPS) is 56.6. The molecule has 12 aliphatic heterocycles. The SMILES string of the molecule is C[C@@H]1CC[C@H]2[C@H](CCCCCC[C@]3(C[C@@H]4C(=O)O[C@@H]5O[C@@]6(C)CC[C@H]7[C@H](C)CC[C@@H]4[C@@]57OO6)C(=O)O[C@@H]4O[C@@]5(C)CC[C@H]6[C@H](C)CC[C@@H]3[C@@]46OO5)C(=O)O[C@@H]3O[C@@]4(C)CC[C@@H]1[C@]32OO4. The first-order valence-electron chi connectivity index (χ1n) is 25.3. The average Bonchev–Trinajstić information content (AvgIpc) is 3.74. The fraction of sp³-hybridized carbons (Fsp3) is 0.939. The van der Waals surface area contributed by atoms with E-state index < -0.39 is 64.4 Å². The molecule has 12 heterocycles. The Morgan fingerprint density at radius 1 is 0.469 bits per heavy atom. The van der Waals surface area contributed by atoms with Crippen molar-refractivity contribution >= 4 is 17.9 Å². The zero-order valence-electron chi connectivity index (χ0n) is 38.6. The van der Waals surface area contributed by atoms with Crippen LogP contribution in [0.25, 0.3) is 0 Å². The molecule has 0 amide bonds. The molecule has 3 saturated carbocycles. The molecule has 15 rings (SSSR count). The Morgan fingerprint density at radius 2 is 0.922 bits per heavy atom. The molecule has 15 fully saturated rings. The van der Waals surface area contributed by atoms with E-state index >= 15 is 4.79 Å². The molecule has 356 valence electrons. The number of esters is 3. The topological polar surface area (TPSA) is 162 Å². The third kappa shape index (κ3) is 5.92. The molecule has 15 heteroatoms. The molecule has 64 heavy (non-hydrogen) atoms. The molecule has 6 bridgehead atoms. The van der Waals surface area contributed by atoms with E-state index in [1.54, 1.807) is 0 Å². The van der Waals surface area contributed by atoms with Crippen molar-refractivity contribution in [3.8, 4) is 0 Å². The summed E-state index contributed by atoms with van der Waals surface area (Å²) in [6.45, 7) is 12.4. The van der Waals surface area contributed by atoms with Crippen molar-refractivity contribution in [3.63, 3.8) is 0 Å². The maximum Gasteiger partial charge on any atom is 0.314 e. The minimum atomic E-state index is -1.11. The van der Waals surface area contributed by atoms with Crippen LogP contribution in [0.5, 0.6) is 0 Å². The number of carbonyl (C=O) groups excluding carboxylic acids is 3. The minimum absolute atomic E-state index is 0.0279. The van der Waals surface area contributed by atoms with Crippen LogP contribution < -0.4 is 0 Å². The van der Waals surface area contributed by atoms with Crippen LogP contribution >= 0.6 is 0 Å². The summed E-state index contributed by atoms with van der Waals surface area (Å²) in [4.78, 5) is 81.6. The molecule has 0 N–H and O–H groups in total. The lowest BCUT2D eigenvalue weighted by atomic mass is 9.49. The number of hydrogen-bond donors (Lipinski definition) is 0. The number of rotatable bonds is 9. The summed E-state index contributed by atoms with van der Waals surface area (Å²) >= 11 is 0. The van der Waals surface area contributed by atoms with Gasteiger partial charge in [-0.1, -0.05) is 46.5 Å². The van der Waals surface area contributed by atoms with Gasteiger partial charge in [-0.15, -0.1) is 0 Å². The Labute approximate surface area is 376 Å². The summed E-state index contributed by atoms with van der Waals surface area (Å²) in [7, 11) is 0. The Bertz CT molecular complexity index is 1910. The summed E-state index contributed by atoms with van der Waals surface area (Å²) in [6.07, 6.45) is 11.6. The van der Waals surface area contributed by atoms with Gasteiger partial charge in [0.05, 0.1) is 17.3 Å². The van der Waals surface area contributed by atoms with Crippen molar-refractivity contribution in [2.24, 2.45) is 70.5 Å². The van der Waals surface area contributed by atoms with Crippen LogP contribution in [0, 0.1) is 70.5 Å². The highest BCUT2D eigenvalue weighted by atomic mass is 17.3. The molecule has 21 atom stereocenters. The second kappa shape index (κ2) is 14.8. The van der Waals surface area contributed by atoms with Crippen LogP contribution in [0.4, 0.5) is 0 Å². The molecule has 3 spiro atoms. The first-order chi connectivity index (χ1) is 30.6. The van der Waals surface area contributed by atoms with Crippen molar-refractivity contribution in [2.45, 2.75) is 217 Å². The molecule has 12 saturated heterocycles. The van der Waals surface area contributed by atoms with Crippen molar-refractivity contribution in [3.05, 3.63) is 0 Å². The molecule has 15 aliphatic rings. The zero-order chi connectivity index (χ0) is 44.2. The van der Waals surface area contributed by atoms with Crippen molar-refractivity contribution < 1.29 is 72.1 Å². The molecule has 0 radical (unpaired) electrons. The number of fused-ring (bicyclic) bond motifs is 6. The molecule has 3 aliphatic carbocycles. The first kappa shape index (κ1) is 43.3. The summed E-state index contributed by atoms with van der Waals surface area (Å²) < 4.78 is 38.5. The van der Waals surface area contributed by atoms with Crippen molar-refractivity contribution in [1.82, 2.24) is 0 Å². The van der Waals surface area contributed by atoms with Crippen molar-refractivity contribution in [1.29, 1.82) is 0 Å². The number of ether oxygens (including phenoxy) is 6. The molecule has 0 aromatic rings. The molecule has 0 aromatic heterocycles. The fourth-order valence-electron chi connectivity index (χ4n) is 16.7. The molecule has 15 nitrogen and oxygen atoms in total. The van der Waals surface area contributed by atoms with Gasteiger partial charge in [-0.2, -0.15) is 0 Å². The van der Waals surface area contributed by atoms with Gasteiger partial charge in [0.25, 0.3) is 0 Å². The second-order valence-electron chi connectivity index (χ2n) is 23.5. The van der Waals surface area contributed by atoms with Crippen LogP contribution in [0.3, 0.4) is 0 Å².